The minimum absolute atomic E-state index is 0.0578. The molecule has 0 bridgehead atoms. The number of carbonyl (C=O) groups is 2. The van der Waals surface area contributed by atoms with Crippen LogP contribution in [0.2, 0.25) is 0 Å². The zero-order chi connectivity index (χ0) is 12.2. The molecule has 0 aromatic heterocycles. The molecule has 16 heavy (non-hydrogen) atoms. The van der Waals surface area contributed by atoms with Crippen LogP contribution in [0.1, 0.15) is 26.2 Å². The van der Waals surface area contributed by atoms with Crippen LogP contribution in [0.25, 0.3) is 0 Å². The zero-order valence-electron chi connectivity index (χ0n) is 9.86. The van der Waals surface area contributed by atoms with Crippen molar-refractivity contribution in [2.24, 2.45) is 5.41 Å². The molecule has 0 saturated carbocycles. The number of hydrogen-bond donors (Lipinski definition) is 1. The Balaban J connectivity index is 2.56. The van der Waals surface area contributed by atoms with E-state index in [1.807, 2.05) is 6.92 Å². The zero-order valence-corrected chi connectivity index (χ0v) is 9.86. The summed E-state index contributed by atoms with van der Waals surface area (Å²) in [7, 11) is 1.48. The fraction of sp³-hybridized carbons (Fsp3) is 0.818. The van der Waals surface area contributed by atoms with Crippen molar-refractivity contribution in [3.05, 3.63) is 0 Å². The van der Waals surface area contributed by atoms with Gasteiger partial charge in [0.25, 0.3) is 0 Å². The van der Waals surface area contributed by atoms with Gasteiger partial charge in [0, 0.05) is 20.2 Å². The normalized spacial score (nSPS) is 19.5. The number of hydrogen-bond acceptors (Lipinski definition) is 3. The molecule has 1 aliphatic rings. The molecule has 92 valence electrons. The van der Waals surface area contributed by atoms with Crippen LogP contribution in [0, 0.1) is 5.41 Å². The fourth-order valence-electron chi connectivity index (χ4n) is 2.12. The first-order valence-corrected chi connectivity index (χ1v) is 5.56. The van der Waals surface area contributed by atoms with Gasteiger partial charge in [0.05, 0.1) is 5.41 Å². The lowest BCUT2D eigenvalue weighted by Gasteiger charge is -2.38. The summed E-state index contributed by atoms with van der Waals surface area (Å²) in [4.78, 5) is 24.4. The minimum Gasteiger partial charge on any atom is -0.481 e. The van der Waals surface area contributed by atoms with Crippen LogP contribution >= 0.6 is 0 Å². The molecule has 0 atom stereocenters. The monoisotopic (exact) mass is 229 g/mol. The maximum absolute atomic E-state index is 11.5. The molecule has 1 aliphatic heterocycles. The van der Waals surface area contributed by atoms with Crippen molar-refractivity contribution < 1.29 is 19.4 Å². The molecule has 1 heterocycles. The Kier molecular flexibility index (Phi) is 4.29. The average molecular weight is 229 g/mol. The van der Waals surface area contributed by atoms with Gasteiger partial charge in [-0.3, -0.25) is 9.59 Å². The Hall–Kier alpha value is -1.10. The first-order chi connectivity index (χ1) is 7.55. The van der Waals surface area contributed by atoms with Gasteiger partial charge in [0.2, 0.25) is 5.91 Å². The van der Waals surface area contributed by atoms with E-state index >= 15 is 0 Å². The maximum Gasteiger partial charge on any atom is 0.309 e. The van der Waals surface area contributed by atoms with Crippen molar-refractivity contribution >= 4 is 11.9 Å². The van der Waals surface area contributed by atoms with E-state index in [4.69, 9.17) is 4.74 Å². The number of rotatable bonds is 4. The maximum atomic E-state index is 11.5. The Bertz CT molecular complexity index is 269. The third-order valence-corrected chi connectivity index (χ3v) is 3.47. The quantitative estimate of drug-likeness (QED) is 0.772. The van der Waals surface area contributed by atoms with Crippen LogP contribution in [-0.2, 0) is 14.3 Å². The van der Waals surface area contributed by atoms with Gasteiger partial charge in [-0.25, -0.2) is 0 Å². The molecule has 1 amide bonds. The lowest BCUT2D eigenvalue weighted by Crippen LogP contribution is -2.47. The van der Waals surface area contributed by atoms with E-state index in [0.29, 0.717) is 32.4 Å². The highest BCUT2D eigenvalue weighted by molar-refractivity contribution is 5.79. The lowest BCUT2D eigenvalue weighted by molar-refractivity contribution is -0.155. The van der Waals surface area contributed by atoms with Gasteiger partial charge >= 0.3 is 5.97 Å². The van der Waals surface area contributed by atoms with Gasteiger partial charge in [0.1, 0.15) is 6.61 Å². The van der Waals surface area contributed by atoms with E-state index in [1.54, 1.807) is 4.90 Å². The Morgan fingerprint density at radius 3 is 2.31 bits per heavy atom. The van der Waals surface area contributed by atoms with Crippen molar-refractivity contribution in [1.29, 1.82) is 0 Å². The SMILES string of the molecule is CCC1(C(=O)O)CCN(C(=O)COC)CC1. The number of carboxylic acid groups (broad SMARTS) is 1. The van der Waals surface area contributed by atoms with Gasteiger partial charge in [-0.05, 0) is 19.3 Å². The molecule has 5 nitrogen and oxygen atoms in total. The molecule has 0 aromatic carbocycles. The second kappa shape index (κ2) is 5.30. The van der Waals surface area contributed by atoms with Crippen molar-refractivity contribution in [1.82, 2.24) is 4.90 Å². The Morgan fingerprint density at radius 2 is 1.94 bits per heavy atom. The molecule has 1 fully saturated rings. The Morgan fingerprint density at radius 1 is 1.38 bits per heavy atom. The van der Waals surface area contributed by atoms with E-state index in [-0.39, 0.29) is 12.5 Å². The third kappa shape index (κ3) is 2.52. The van der Waals surface area contributed by atoms with Crippen molar-refractivity contribution in [2.45, 2.75) is 26.2 Å². The van der Waals surface area contributed by atoms with Crippen LogP contribution < -0.4 is 0 Å². The van der Waals surface area contributed by atoms with Crippen molar-refractivity contribution in [3.63, 3.8) is 0 Å². The number of likely N-dealkylation sites (tertiary alicyclic amines) is 1. The molecule has 1 N–H and O–H groups in total. The lowest BCUT2D eigenvalue weighted by atomic mass is 9.76. The van der Waals surface area contributed by atoms with E-state index in [1.165, 1.54) is 7.11 Å². The molecule has 0 aliphatic carbocycles. The highest BCUT2D eigenvalue weighted by atomic mass is 16.5. The number of carboxylic acids is 1. The van der Waals surface area contributed by atoms with Crippen LogP contribution in [0.3, 0.4) is 0 Å². The largest absolute Gasteiger partial charge is 0.481 e. The second-order valence-electron chi connectivity index (χ2n) is 4.25. The number of piperidine rings is 1. The fourth-order valence-corrected chi connectivity index (χ4v) is 2.12. The molecule has 0 spiro atoms. The number of amides is 1. The number of carbonyl (C=O) groups excluding carboxylic acids is 1. The molecule has 0 unspecified atom stereocenters. The summed E-state index contributed by atoms with van der Waals surface area (Å²) in [6, 6.07) is 0. The highest BCUT2D eigenvalue weighted by Gasteiger charge is 2.40. The van der Waals surface area contributed by atoms with Gasteiger partial charge < -0.3 is 14.7 Å². The van der Waals surface area contributed by atoms with Gasteiger partial charge in [0.15, 0.2) is 0 Å². The molecule has 5 heteroatoms. The van der Waals surface area contributed by atoms with Crippen LogP contribution in [0.15, 0.2) is 0 Å². The van der Waals surface area contributed by atoms with Gasteiger partial charge in [-0.1, -0.05) is 6.92 Å². The smallest absolute Gasteiger partial charge is 0.309 e. The summed E-state index contributed by atoms with van der Waals surface area (Å²) in [6.07, 6.45) is 1.69. The van der Waals surface area contributed by atoms with E-state index in [9.17, 15) is 14.7 Å². The summed E-state index contributed by atoms with van der Waals surface area (Å²) < 4.78 is 4.78. The number of nitrogens with zero attached hydrogens (tertiary/aromatic N) is 1. The van der Waals surface area contributed by atoms with E-state index in [0.717, 1.165) is 0 Å². The summed E-state index contributed by atoms with van der Waals surface area (Å²) >= 11 is 0. The molecular weight excluding hydrogens is 210 g/mol. The molecule has 1 rings (SSSR count). The number of aliphatic carboxylic acids is 1. The first kappa shape index (κ1) is 13.0. The van der Waals surface area contributed by atoms with Gasteiger partial charge in [-0.2, -0.15) is 0 Å². The molecule has 1 saturated heterocycles. The predicted molar refractivity (Wildman–Crippen MR) is 58.0 cm³/mol. The van der Waals surface area contributed by atoms with Crippen molar-refractivity contribution in [2.75, 3.05) is 26.8 Å². The minimum atomic E-state index is -0.742. The predicted octanol–water partition coefficient (Wildman–Crippen LogP) is 0.736. The number of methoxy groups -OCH3 is 1. The van der Waals surface area contributed by atoms with Gasteiger partial charge in [-0.15, -0.1) is 0 Å². The molecule has 0 radical (unpaired) electrons. The first-order valence-electron chi connectivity index (χ1n) is 5.56. The standard InChI is InChI=1S/C11H19NO4/c1-3-11(10(14)15)4-6-12(7-5-11)9(13)8-16-2/h3-8H2,1-2H3,(H,14,15). The van der Waals surface area contributed by atoms with E-state index in [2.05, 4.69) is 0 Å². The second-order valence-corrected chi connectivity index (χ2v) is 4.25. The summed E-state index contributed by atoms with van der Waals surface area (Å²) in [6.45, 7) is 3.00. The topological polar surface area (TPSA) is 66.8 Å². The summed E-state index contributed by atoms with van der Waals surface area (Å²) in [5.74, 6) is -0.800. The van der Waals surface area contributed by atoms with Crippen LogP contribution in [0.4, 0.5) is 0 Å². The van der Waals surface area contributed by atoms with Crippen LogP contribution in [-0.4, -0.2) is 48.7 Å². The van der Waals surface area contributed by atoms with Crippen molar-refractivity contribution in [3.8, 4) is 0 Å². The highest BCUT2D eigenvalue weighted by Crippen LogP contribution is 2.35. The summed E-state index contributed by atoms with van der Waals surface area (Å²) in [5.41, 5.74) is -0.635. The number of ether oxygens (including phenoxy) is 1. The van der Waals surface area contributed by atoms with E-state index < -0.39 is 11.4 Å². The van der Waals surface area contributed by atoms with Crippen LogP contribution in [0.5, 0.6) is 0 Å². The third-order valence-electron chi connectivity index (χ3n) is 3.47. The molecular formula is C11H19NO4. The Labute approximate surface area is 95.4 Å². The summed E-state index contributed by atoms with van der Waals surface area (Å²) in [5, 5.41) is 9.19. The average Bonchev–Trinajstić information content (AvgIpc) is 2.29. The molecule has 0 aromatic rings.